The fourth-order valence-corrected chi connectivity index (χ4v) is 4.49. The molecular formula is C21H22N2O3S2. The van der Waals surface area contributed by atoms with Gasteiger partial charge in [0.15, 0.2) is 10.9 Å². The van der Waals surface area contributed by atoms with Gasteiger partial charge in [-0.25, -0.2) is 4.98 Å². The highest BCUT2D eigenvalue weighted by atomic mass is 32.2. The normalized spacial score (nSPS) is 12.0. The molecule has 1 amide bonds. The highest BCUT2D eigenvalue weighted by Gasteiger charge is 2.13. The van der Waals surface area contributed by atoms with Crippen molar-refractivity contribution in [3.05, 3.63) is 59.2 Å². The van der Waals surface area contributed by atoms with Crippen LogP contribution < -0.4 is 5.32 Å². The Hall–Kier alpha value is -2.38. The van der Waals surface area contributed by atoms with Crippen LogP contribution in [0.5, 0.6) is 0 Å². The minimum Gasteiger partial charge on any atom is -0.455 e. The number of fused-ring (bicyclic) bond motifs is 1. The number of para-hydroxylation sites is 1. The molecule has 0 spiro atoms. The van der Waals surface area contributed by atoms with Gasteiger partial charge in [0.25, 0.3) is 5.91 Å². The maximum Gasteiger partial charge on any atom is 0.316 e. The van der Waals surface area contributed by atoms with Crippen molar-refractivity contribution in [2.24, 2.45) is 0 Å². The van der Waals surface area contributed by atoms with Crippen LogP contribution in [0.15, 0.2) is 46.8 Å². The number of ether oxygens (including phenoxy) is 1. The van der Waals surface area contributed by atoms with Gasteiger partial charge in [-0.2, -0.15) is 0 Å². The van der Waals surface area contributed by atoms with Crippen LogP contribution in [0, 0.1) is 13.8 Å². The molecule has 1 atom stereocenters. The number of thioether (sulfide) groups is 1. The van der Waals surface area contributed by atoms with Crippen molar-refractivity contribution >= 4 is 45.2 Å². The van der Waals surface area contributed by atoms with Crippen molar-refractivity contribution in [1.29, 1.82) is 0 Å². The molecule has 1 N–H and O–H groups in total. The van der Waals surface area contributed by atoms with Crippen LogP contribution in [-0.4, -0.2) is 29.2 Å². The summed E-state index contributed by atoms with van der Waals surface area (Å²) in [7, 11) is 0. The number of amides is 1. The first kappa shape index (κ1) is 20.4. The molecule has 1 heterocycles. The number of aryl methyl sites for hydroxylation is 2. The number of hydrogen-bond donors (Lipinski definition) is 1. The Morgan fingerprint density at radius 2 is 1.96 bits per heavy atom. The van der Waals surface area contributed by atoms with Gasteiger partial charge in [0.2, 0.25) is 0 Å². The summed E-state index contributed by atoms with van der Waals surface area (Å²) in [6.45, 7) is 5.72. The Bertz CT molecular complexity index is 967. The number of carbonyl (C=O) groups is 2. The molecule has 0 bridgehead atoms. The van der Waals surface area contributed by atoms with E-state index < -0.39 is 5.97 Å². The minimum atomic E-state index is -0.432. The molecule has 1 aromatic heterocycles. The lowest BCUT2D eigenvalue weighted by Gasteiger charge is -2.15. The average Bonchev–Trinajstić information content (AvgIpc) is 3.09. The van der Waals surface area contributed by atoms with Crippen molar-refractivity contribution < 1.29 is 14.3 Å². The predicted molar refractivity (Wildman–Crippen MR) is 114 cm³/mol. The molecule has 0 fully saturated rings. The number of carbonyl (C=O) groups excluding carboxylic acids is 2. The van der Waals surface area contributed by atoms with Gasteiger partial charge in [-0.15, -0.1) is 11.3 Å². The topological polar surface area (TPSA) is 68.3 Å². The first-order valence-corrected chi connectivity index (χ1v) is 10.7. The van der Waals surface area contributed by atoms with Gasteiger partial charge in [0, 0.05) is 0 Å². The van der Waals surface area contributed by atoms with Gasteiger partial charge in [-0.05, 0) is 49.6 Å². The molecule has 3 rings (SSSR count). The Labute approximate surface area is 172 Å². The van der Waals surface area contributed by atoms with Crippen molar-refractivity contribution in [1.82, 2.24) is 10.3 Å². The van der Waals surface area contributed by atoms with Crippen molar-refractivity contribution in [3.63, 3.8) is 0 Å². The van der Waals surface area contributed by atoms with Crippen LogP contribution >= 0.6 is 23.1 Å². The van der Waals surface area contributed by atoms with Gasteiger partial charge in [0.1, 0.15) is 0 Å². The third kappa shape index (κ3) is 5.33. The summed E-state index contributed by atoms with van der Waals surface area (Å²) in [6.07, 6.45) is 0. The Balaban J connectivity index is 1.43. The van der Waals surface area contributed by atoms with Crippen LogP contribution in [0.4, 0.5) is 0 Å². The lowest BCUT2D eigenvalue weighted by Crippen LogP contribution is -2.31. The molecule has 0 saturated carbocycles. The van der Waals surface area contributed by atoms with Gasteiger partial charge < -0.3 is 10.1 Å². The summed E-state index contributed by atoms with van der Waals surface area (Å²) in [5.74, 6) is -0.623. The number of nitrogens with zero attached hydrogens (tertiary/aromatic N) is 1. The zero-order valence-electron chi connectivity index (χ0n) is 16.0. The number of hydrogen-bond acceptors (Lipinski definition) is 6. The largest absolute Gasteiger partial charge is 0.455 e. The van der Waals surface area contributed by atoms with E-state index in [0.717, 1.165) is 20.1 Å². The molecule has 146 valence electrons. The molecule has 1 unspecified atom stereocenters. The fraction of sp³-hybridized carbons (Fsp3) is 0.286. The standard InChI is InChI=1S/C21H22N2O3S2/c1-13-8-9-16(10-14(13)2)15(3)22-19(24)11-26-20(25)12-27-21-23-17-6-4-5-7-18(17)28-21/h4-10,15H,11-12H2,1-3H3,(H,22,24). The quantitative estimate of drug-likeness (QED) is 0.458. The van der Waals surface area contributed by atoms with Crippen molar-refractivity contribution in [3.8, 4) is 0 Å². The Morgan fingerprint density at radius 3 is 2.71 bits per heavy atom. The number of nitrogens with one attached hydrogen (secondary N) is 1. The highest BCUT2D eigenvalue weighted by molar-refractivity contribution is 8.01. The first-order chi connectivity index (χ1) is 13.4. The second-order valence-corrected chi connectivity index (χ2v) is 8.78. The van der Waals surface area contributed by atoms with E-state index in [1.807, 2.05) is 57.2 Å². The van der Waals surface area contributed by atoms with E-state index in [1.165, 1.54) is 34.2 Å². The van der Waals surface area contributed by atoms with Gasteiger partial charge in [-0.1, -0.05) is 42.1 Å². The summed E-state index contributed by atoms with van der Waals surface area (Å²) in [5.41, 5.74) is 4.33. The van der Waals surface area contributed by atoms with E-state index in [9.17, 15) is 9.59 Å². The van der Waals surface area contributed by atoms with Crippen molar-refractivity contribution in [2.45, 2.75) is 31.2 Å². The average molecular weight is 415 g/mol. The molecule has 0 aliphatic carbocycles. The maximum absolute atomic E-state index is 12.1. The Kier molecular flexibility index (Phi) is 6.70. The summed E-state index contributed by atoms with van der Waals surface area (Å²) in [5, 5.41) is 2.86. The van der Waals surface area contributed by atoms with E-state index in [2.05, 4.69) is 16.4 Å². The number of benzene rings is 2. The number of aromatic nitrogens is 1. The van der Waals surface area contributed by atoms with Crippen LogP contribution in [0.1, 0.15) is 29.7 Å². The second kappa shape index (κ2) is 9.21. The molecule has 0 aliphatic heterocycles. The second-order valence-electron chi connectivity index (χ2n) is 6.53. The molecule has 0 aliphatic rings. The SMILES string of the molecule is Cc1ccc(C(C)NC(=O)COC(=O)CSc2nc3ccccc3s2)cc1C. The molecule has 0 saturated heterocycles. The third-order valence-corrected chi connectivity index (χ3v) is 6.51. The van der Waals surface area contributed by atoms with E-state index in [4.69, 9.17) is 4.74 Å². The molecule has 0 radical (unpaired) electrons. The van der Waals surface area contributed by atoms with E-state index >= 15 is 0 Å². The number of esters is 1. The van der Waals surface area contributed by atoms with Crippen LogP contribution in [0.25, 0.3) is 10.2 Å². The molecule has 7 heteroatoms. The zero-order chi connectivity index (χ0) is 20.1. The highest BCUT2D eigenvalue weighted by Crippen LogP contribution is 2.29. The molecule has 2 aromatic carbocycles. The lowest BCUT2D eigenvalue weighted by molar-refractivity contribution is -0.146. The van der Waals surface area contributed by atoms with E-state index in [1.54, 1.807) is 0 Å². The van der Waals surface area contributed by atoms with E-state index in [-0.39, 0.29) is 24.3 Å². The van der Waals surface area contributed by atoms with Gasteiger partial charge in [-0.3, -0.25) is 9.59 Å². The monoisotopic (exact) mass is 414 g/mol. The smallest absolute Gasteiger partial charge is 0.316 e. The predicted octanol–water partition coefficient (Wildman–Crippen LogP) is 4.43. The van der Waals surface area contributed by atoms with Crippen LogP contribution in [0.2, 0.25) is 0 Å². The summed E-state index contributed by atoms with van der Waals surface area (Å²) < 4.78 is 6.98. The molecule has 5 nitrogen and oxygen atoms in total. The summed E-state index contributed by atoms with van der Waals surface area (Å²) in [6, 6.07) is 13.8. The maximum atomic E-state index is 12.1. The first-order valence-electron chi connectivity index (χ1n) is 8.93. The van der Waals surface area contributed by atoms with Crippen LogP contribution in [0.3, 0.4) is 0 Å². The molecular weight excluding hydrogens is 392 g/mol. The summed E-state index contributed by atoms with van der Waals surface area (Å²) >= 11 is 2.86. The zero-order valence-corrected chi connectivity index (χ0v) is 17.7. The van der Waals surface area contributed by atoms with Gasteiger partial charge in [0.05, 0.1) is 22.0 Å². The number of rotatable bonds is 7. The van der Waals surface area contributed by atoms with Crippen molar-refractivity contribution in [2.75, 3.05) is 12.4 Å². The molecule has 28 heavy (non-hydrogen) atoms. The van der Waals surface area contributed by atoms with E-state index in [0.29, 0.717) is 0 Å². The fourth-order valence-electron chi connectivity index (χ4n) is 2.62. The minimum absolute atomic E-state index is 0.125. The van der Waals surface area contributed by atoms with Crippen LogP contribution in [-0.2, 0) is 14.3 Å². The van der Waals surface area contributed by atoms with Gasteiger partial charge >= 0.3 is 5.97 Å². The lowest BCUT2D eigenvalue weighted by atomic mass is 10.0. The Morgan fingerprint density at radius 1 is 1.18 bits per heavy atom. The molecule has 3 aromatic rings. The summed E-state index contributed by atoms with van der Waals surface area (Å²) in [4.78, 5) is 28.5. The number of thiazole rings is 1. The third-order valence-electron chi connectivity index (χ3n) is 4.36.